The van der Waals surface area contributed by atoms with E-state index in [-0.39, 0.29) is 39.2 Å². The van der Waals surface area contributed by atoms with Gasteiger partial charge in [-0.15, -0.1) is 0 Å². The van der Waals surface area contributed by atoms with E-state index in [2.05, 4.69) is 413 Å². The van der Waals surface area contributed by atoms with Crippen molar-refractivity contribution in [3.05, 3.63) is 331 Å². The van der Waals surface area contributed by atoms with E-state index in [0.717, 1.165) is 47.0 Å². The van der Waals surface area contributed by atoms with Crippen LogP contribution in [0.5, 0.6) is 0 Å². The number of fused-ring (bicyclic) bond motifs is 12. The van der Waals surface area contributed by atoms with Gasteiger partial charge in [0.05, 0.1) is 22.1 Å². The number of hydrogen-bond acceptors (Lipinski definition) is 2. The maximum Gasteiger partial charge on any atom is 0.252 e. The molecule has 20 rings (SSSR count). The average molecular weight is 1460 g/mol. The Morgan fingerprint density at radius 1 is 0.248 bits per heavy atom. The quantitative estimate of drug-likeness (QED) is 0.134. The molecule has 0 saturated heterocycles. The molecule has 0 spiro atoms. The van der Waals surface area contributed by atoms with Gasteiger partial charge in [0.25, 0.3) is 6.71 Å². The predicted molar refractivity (Wildman–Crippen MR) is 484 cm³/mol. The Bertz CT molecular complexity index is 6170. The predicted octanol–water partition coefficient (Wildman–Crippen LogP) is 27.6. The van der Waals surface area contributed by atoms with E-state index < -0.39 is 0 Å². The van der Waals surface area contributed by atoms with E-state index >= 15 is 0 Å². The standard InChI is InChI=1S/C108H99BN4/c1-103(2,3)78-57-76(58-79(65-78)104(4,5)6)77-63-100-102-101(64-77)111(81-43-35-71(36-44-81)75-38-48-89-91(62-75)108(13,14)56-54-106(89,9)10)99-67-83(113-95-32-24-22-30-85(95)87-60-73(40-52-97(87)113)69-27-19-16-20-28-69)46-50-93(99)109(102)92-49-45-82(112-94-31-23-21-29-84(94)86-59-72(39-51-96(86)112)68-25-17-15-18-26-68)66-98(92)110(100)80-41-33-70(34-42-80)74-37-47-88-90(61-74)107(11,12)55-53-105(88,7)8/h15-52,57-67H,53-56H2,1-14H3. The first-order chi connectivity index (χ1) is 54.2. The minimum absolute atomic E-state index is 0.0716. The molecule has 0 radical (unpaired) electrons. The molecule has 14 aromatic carbocycles. The van der Waals surface area contributed by atoms with Gasteiger partial charge in [-0.3, -0.25) is 0 Å². The highest BCUT2D eigenvalue weighted by Crippen LogP contribution is 2.53. The number of para-hydroxylation sites is 2. The molecule has 0 amide bonds. The summed E-state index contributed by atoms with van der Waals surface area (Å²) >= 11 is 0. The number of anilines is 6. The maximum absolute atomic E-state index is 2.65. The van der Waals surface area contributed by atoms with E-state index in [9.17, 15) is 0 Å². The zero-order chi connectivity index (χ0) is 77.6. The van der Waals surface area contributed by atoms with E-state index in [1.165, 1.54) is 173 Å². The second-order valence-electron chi connectivity index (χ2n) is 37.9. The zero-order valence-corrected chi connectivity index (χ0v) is 68.0. The third kappa shape index (κ3) is 11.5. The van der Waals surface area contributed by atoms with Crippen molar-refractivity contribution in [2.24, 2.45) is 0 Å². The molecule has 16 aromatic rings. The Kier molecular flexibility index (Phi) is 15.9. The van der Waals surface area contributed by atoms with Crippen LogP contribution in [0.1, 0.15) is 156 Å². The largest absolute Gasteiger partial charge is 0.311 e. The van der Waals surface area contributed by atoms with Crippen LogP contribution in [0.2, 0.25) is 0 Å². The van der Waals surface area contributed by atoms with Crippen molar-refractivity contribution in [2.45, 2.75) is 155 Å². The summed E-state index contributed by atoms with van der Waals surface area (Å²) in [5, 5.41) is 4.92. The van der Waals surface area contributed by atoms with Crippen molar-refractivity contribution in [1.82, 2.24) is 9.13 Å². The summed E-state index contributed by atoms with van der Waals surface area (Å²) in [5.74, 6) is 0. The lowest BCUT2D eigenvalue weighted by molar-refractivity contribution is 0.332. The van der Waals surface area contributed by atoms with Gasteiger partial charge < -0.3 is 18.9 Å². The molecule has 0 saturated carbocycles. The monoisotopic (exact) mass is 1460 g/mol. The van der Waals surface area contributed by atoms with Crippen molar-refractivity contribution in [1.29, 1.82) is 0 Å². The van der Waals surface area contributed by atoms with E-state index in [1.54, 1.807) is 0 Å². The number of aromatic nitrogens is 2. The van der Waals surface area contributed by atoms with Gasteiger partial charge in [0, 0.05) is 67.0 Å². The van der Waals surface area contributed by atoms with E-state index in [0.29, 0.717) is 0 Å². The third-order valence-electron chi connectivity index (χ3n) is 26.7. The summed E-state index contributed by atoms with van der Waals surface area (Å²) in [6, 6.07) is 115. The molecule has 2 aliphatic carbocycles. The van der Waals surface area contributed by atoms with E-state index in [1.807, 2.05) is 0 Å². The van der Waals surface area contributed by atoms with Crippen LogP contribution in [0.25, 0.3) is 111 Å². The molecule has 0 fully saturated rings. The Balaban J connectivity index is 0.865. The lowest BCUT2D eigenvalue weighted by Crippen LogP contribution is -2.61. The van der Waals surface area contributed by atoms with Gasteiger partial charge in [0.1, 0.15) is 0 Å². The van der Waals surface area contributed by atoms with Crippen LogP contribution < -0.4 is 26.2 Å². The van der Waals surface area contributed by atoms with Gasteiger partial charge in [0.2, 0.25) is 0 Å². The molecule has 5 heteroatoms. The number of rotatable bonds is 9. The van der Waals surface area contributed by atoms with Crippen molar-refractivity contribution in [3.63, 3.8) is 0 Å². The molecule has 0 atom stereocenters. The first-order valence-electron chi connectivity index (χ1n) is 41.1. The summed E-state index contributed by atoms with van der Waals surface area (Å²) in [6.45, 7) is 33.5. The summed E-state index contributed by atoms with van der Waals surface area (Å²) in [7, 11) is 0. The van der Waals surface area contributed by atoms with Crippen LogP contribution in [0.15, 0.2) is 297 Å². The topological polar surface area (TPSA) is 16.3 Å². The summed E-state index contributed by atoms with van der Waals surface area (Å²) in [6.07, 6.45) is 4.69. The van der Waals surface area contributed by atoms with Crippen LogP contribution >= 0.6 is 0 Å². The van der Waals surface area contributed by atoms with Gasteiger partial charge in [-0.2, -0.15) is 0 Å². The number of hydrogen-bond donors (Lipinski definition) is 0. The number of nitrogens with zero attached hydrogens (tertiary/aromatic N) is 4. The molecule has 0 bridgehead atoms. The van der Waals surface area contributed by atoms with Crippen molar-refractivity contribution in [2.75, 3.05) is 9.80 Å². The van der Waals surface area contributed by atoms with Gasteiger partial charge >= 0.3 is 0 Å². The van der Waals surface area contributed by atoms with Crippen LogP contribution in [0.4, 0.5) is 34.1 Å². The second-order valence-corrected chi connectivity index (χ2v) is 37.9. The summed E-state index contributed by atoms with van der Waals surface area (Å²) in [5.41, 5.74) is 38.3. The first-order valence-corrected chi connectivity index (χ1v) is 41.1. The molecule has 4 aliphatic rings. The smallest absolute Gasteiger partial charge is 0.252 e. The van der Waals surface area contributed by atoms with Crippen molar-refractivity contribution < 1.29 is 0 Å². The highest BCUT2D eigenvalue weighted by molar-refractivity contribution is 7.00. The Morgan fingerprint density at radius 3 is 0.982 bits per heavy atom. The molecule has 2 aliphatic heterocycles. The maximum atomic E-state index is 2.65. The fraction of sp³-hybridized carbons (Fsp3) is 0.222. The average Bonchev–Trinajstić information content (AvgIpc) is 1.02. The van der Waals surface area contributed by atoms with Crippen LogP contribution in [-0.2, 0) is 32.5 Å². The summed E-state index contributed by atoms with van der Waals surface area (Å²) in [4.78, 5) is 5.31. The molecule has 4 nitrogen and oxygen atoms in total. The fourth-order valence-corrected chi connectivity index (χ4v) is 19.9. The minimum Gasteiger partial charge on any atom is -0.311 e. The Hall–Kier alpha value is -11.7. The van der Waals surface area contributed by atoms with Gasteiger partial charge in [-0.1, -0.05) is 297 Å². The van der Waals surface area contributed by atoms with E-state index in [4.69, 9.17) is 0 Å². The molecule has 2 aromatic heterocycles. The fourth-order valence-electron chi connectivity index (χ4n) is 19.9. The molecular weight excluding hydrogens is 1360 g/mol. The van der Waals surface area contributed by atoms with Gasteiger partial charge in [-0.25, -0.2) is 0 Å². The van der Waals surface area contributed by atoms with Crippen LogP contribution in [0.3, 0.4) is 0 Å². The van der Waals surface area contributed by atoms with Crippen molar-refractivity contribution >= 4 is 101 Å². The minimum atomic E-state index is -0.191. The lowest BCUT2D eigenvalue weighted by Gasteiger charge is -2.45. The molecular formula is C108H99BN4. The van der Waals surface area contributed by atoms with Gasteiger partial charge in [0.15, 0.2) is 0 Å². The Morgan fingerprint density at radius 2 is 0.575 bits per heavy atom. The Labute approximate surface area is 668 Å². The zero-order valence-electron chi connectivity index (χ0n) is 68.0. The van der Waals surface area contributed by atoms with Crippen LogP contribution in [0, 0.1) is 0 Å². The molecule has 0 N–H and O–H groups in total. The van der Waals surface area contributed by atoms with Crippen molar-refractivity contribution in [3.8, 4) is 67.0 Å². The normalized spacial score (nSPS) is 15.8. The van der Waals surface area contributed by atoms with Gasteiger partial charge in [-0.05, 0) is 261 Å². The lowest BCUT2D eigenvalue weighted by atomic mass is 9.33. The highest BCUT2D eigenvalue weighted by atomic mass is 15.2. The molecule has 4 heterocycles. The molecule has 0 unspecified atom stereocenters. The molecule has 113 heavy (non-hydrogen) atoms. The summed E-state index contributed by atoms with van der Waals surface area (Å²) < 4.78 is 5.05. The van der Waals surface area contributed by atoms with Crippen LogP contribution in [-0.4, -0.2) is 15.8 Å². The number of benzene rings is 14. The third-order valence-corrected chi connectivity index (χ3v) is 26.7. The SMILES string of the molecule is CC(C)(C)c1cc(-c2cc3c4c(c2)N(c2ccc(-c5ccc6c(c5)C(C)(C)CCC6(C)C)cc2)c2cc(-n5c6ccccc6c6cc(-c7ccccc7)ccc65)ccc2B4c2ccc(-n4c5ccccc5c5cc(-c6ccccc6)ccc54)cc2N3c2ccc(-c3ccc4c(c3)C(C)(C)CCC4(C)C)cc2)cc(C(C)(C)C)c1. The molecule has 554 valence electrons. The second kappa shape index (κ2) is 25.4. The first kappa shape index (κ1) is 70.5. The highest BCUT2D eigenvalue weighted by Gasteiger charge is 2.46.